The van der Waals surface area contributed by atoms with Crippen LogP contribution in [0.4, 0.5) is 18.3 Å². The van der Waals surface area contributed by atoms with Gasteiger partial charge in [0.1, 0.15) is 6.10 Å². The highest BCUT2D eigenvalue weighted by Gasteiger charge is 2.35. The standard InChI is InChI=1S/C13H13F3N4O2S/c1-21-9-4-17-11(18-5-9)22-8-2-3-20(6-8)12-19-10(7-23-12)13(14,15)16/h4-5,7-8H,2-3,6H2,1H3. The van der Waals surface area contributed by atoms with Crippen LogP contribution in [0.2, 0.25) is 0 Å². The molecule has 0 spiro atoms. The molecule has 1 aliphatic rings. The molecule has 3 rings (SSSR count). The zero-order valence-corrected chi connectivity index (χ0v) is 12.9. The molecule has 0 N–H and O–H groups in total. The summed E-state index contributed by atoms with van der Waals surface area (Å²) in [5.41, 5.74) is -0.861. The number of alkyl halides is 3. The summed E-state index contributed by atoms with van der Waals surface area (Å²) in [6, 6.07) is 0.216. The number of aromatic nitrogens is 3. The fourth-order valence-electron chi connectivity index (χ4n) is 2.16. The summed E-state index contributed by atoms with van der Waals surface area (Å²) in [6.07, 6.45) is -0.962. The number of thiazole rings is 1. The van der Waals surface area contributed by atoms with Crippen molar-refractivity contribution in [3.8, 4) is 11.8 Å². The molecule has 1 atom stereocenters. The second kappa shape index (κ2) is 6.19. The van der Waals surface area contributed by atoms with E-state index in [0.717, 1.165) is 16.7 Å². The summed E-state index contributed by atoms with van der Waals surface area (Å²) in [5, 5.41) is 1.37. The van der Waals surface area contributed by atoms with E-state index in [4.69, 9.17) is 9.47 Å². The first-order valence-electron chi connectivity index (χ1n) is 6.76. The Balaban J connectivity index is 1.60. The number of nitrogens with zero attached hydrogens (tertiary/aromatic N) is 4. The van der Waals surface area contributed by atoms with Gasteiger partial charge in [0.05, 0.1) is 26.0 Å². The number of halogens is 3. The van der Waals surface area contributed by atoms with E-state index in [1.165, 1.54) is 19.5 Å². The predicted octanol–water partition coefficient (Wildman–Crippen LogP) is 2.62. The summed E-state index contributed by atoms with van der Waals surface area (Å²) < 4.78 is 48.4. The van der Waals surface area contributed by atoms with Gasteiger partial charge in [-0.05, 0) is 0 Å². The van der Waals surface area contributed by atoms with Crippen molar-refractivity contribution in [2.24, 2.45) is 0 Å². The first kappa shape index (κ1) is 15.8. The summed E-state index contributed by atoms with van der Waals surface area (Å²) in [6.45, 7) is 1.02. The van der Waals surface area contributed by atoms with Gasteiger partial charge in [0, 0.05) is 18.3 Å². The molecule has 10 heteroatoms. The van der Waals surface area contributed by atoms with E-state index in [-0.39, 0.29) is 12.1 Å². The fraction of sp³-hybridized carbons (Fsp3) is 0.462. The van der Waals surface area contributed by atoms with Gasteiger partial charge < -0.3 is 14.4 Å². The van der Waals surface area contributed by atoms with Gasteiger partial charge in [-0.2, -0.15) is 23.1 Å². The lowest BCUT2D eigenvalue weighted by Crippen LogP contribution is -2.25. The Bertz CT molecular complexity index is 662. The number of ether oxygens (including phenoxy) is 2. The van der Waals surface area contributed by atoms with Crippen molar-refractivity contribution in [2.45, 2.75) is 18.7 Å². The maximum atomic E-state index is 12.6. The van der Waals surface area contributed by atoms with Crippen molar-refractivity contribution >= 4 is 16.5 Å². The molecular weight excluding hydrogens is 333 g/mol. The Hall–Kier alpha value is -2.10. The third-order valence-electron chi connectivity index (χ3n) is 3.31. The molecule has 0 saturated carbocycles. The zero-order valence-electron chi connectivity index (χ0n) is 12.1. The smallest absolute Gasteiger partial charge is 0.434 e. The Morgan fingerprint density at radius 3 is 2.65 bits per heavy atom. The molecule has 124 valence electrons. The summed E-state index contributed by atoms with van der Waals surface area (Å²) in [5.74, 6) is 0.521. The van der Waals surface area contributed by atoms with Crippen LogP contribution in [0.1, 0.15) is 12.1 Å². The van der Waals surface area contributed by atoms with Crippen LogP contribution < -0.4 is 14.4 Å². The third kappa shape index (κ3) is 3.63. The average molecular weight is 346 g/mol. The van der Waals surface area contributed by atoms with Crippen molar-refractivity contribution in [1.29, 1.82) is 0 Å². The molecule has 0 radical (unpaired) electrons. The van der Waals surface area contributed by atoms with Gasteiger partial charge in [0.2, 0.25) is 0 Å². The Labute approximate surface area is 133 Å². The maximum Gasteiger partial charge on any atom is 0.434 e. The Kier molecular flexibility index (Phi) is 4.24. The normalized spacial score (nSPS) is 18.3. The van der Waals surface area contributed by atoms with Crippen LogP contribution >= 0.6 is 11.3 Å². The molecule has 0 bridgehead atoms. The van der Waals surface area contributed by atoms with Gasteiger partial charge in [-0.25, -0.2) is 4.98 Å². The van der Waals surface area contributed by atoms with Gasteiger partial charge in [-0.15, -0.1) is 11.3 Å². The largest absolute Gasteiger partial charge is 0.494 e. The molecule has 0 aromatic carbocycles. The van der Waals surface area contributed by atoms with Crippen molar-refractivity contribution in [1.82, 2.24) is 15.0 Å². The SMILES string of the molecule is COc1cnc(OC2CCN(c3nc(C(F)(F)F)cs3)C2)nc1. The van der Waals surface area contributed by atoms with Crippen molar-refractivity contribution in [2.75, 3.05) is 25.1 Å². The molecule has 2 aromatic heterocycles. The molecule has 0 amide bonds. The number of methoxy groups -OCH3 is 1. The molecule has 2 aromatic rings. The van der Waals surface area contributed by atoms with Gasteiger partial charge in [-0.1, -0.05) is 0 Å². The van der Waals surface area contributed by atoms with E-state index >= 15 is 0 Å². The first-order chi connectivity index (χ1) is 11.0. The molecule has 3 heterocycles. The Morgan fingerprint density at radius 1 is 1.30 bits per heavy atom. The van der Waals surface area contributed by atoms with Crippen LogP contribution in [0.3, 0.4) is 0 Å². The van der Waals surface area contributed by atoms with Crippen LogP contribution in [0.15, 0.2) is 17.8 Å². The lowest BCUT2D eigenvalue weighted by atomic mass is 10.3. The highest BCUT2D eigenvalue weighted by atomic mass is 32.1. The summed E-state index contributed by atoms with van der Waals surface area (Å²) in [7, 11) is 1.51. The minimum absolute atomic E-state index is 0.193. The molecule has 1 saturated heterocycles. The molecule has 23 heavy (non-hydrogen) atoms. The topological polar surface area (TPSA) is 60.4 Å². The second-order valence-corrected chi connectivity index (χ2v) is 5.73. The highest BCUT2D eigenvalue weighted by molar-refractivity contribution is 7.13. The van der Waals surface area contributed by atoms with Crippen molar-refractivity contribution in [3.63, 3.8) is 0 Å². The first-order valence-corrected chi connectivity index (χ1v) is 7.64. The van der Waals surface area contributed by atoms with Crippen molar-refractivity contribution in [3.05, 3.63) is 23.5 Å². The summed E-state index contributed by atoms with van der Waals surface area (Å²) in [4.78, 5) is 13.4. The lowest BCUT2D eigenvalue weighted by molar-refractivity contribution is -0.140. The van der Waals surface area contributed by atoms with Crippen molar-refractivity contribution < 1.29 is 22.6 Å². The lowest BCUT2D eigenvalue weighted by Gasteiger charge is -2.15. The highest BCUT2D eigenvalue weighted by Crippen LogP contribution is 2.34. The molecule has 1 aliphatic heterocycles. The van der Waals surface area contributed by atoms with E-state index in [0.29, 0.717) is 30.4 Å². The van der Waals surface area contributed by atoms with E-state index in [2.05, 4.69) is 15.0 Å². The Morgan fingerprint density at radius 2 is 2.04 bits per heavy atom. The van der Waals surface area contributed by atoms with E-state index < -0.39 is 11.9 Å². The molecule has 1 unspecified atom stereocenters. The van der Waals surface area contributed by atoms with Gasteiger partial charge in [0.25, 0.3) is 0 Å². The number of hydrogen-bond donors (Lipinski definition) is 0. The second-order valence-electron chi connectivity index (χ2n) is 4.89. The van der Waals surface area contributed by atoms with Crippen LogP contribution in [0.25, 0.3) is 0 Å². The van der Waals surface area contributed by atoms with Gasteiger partial charge in [0.15, 0.2) is 16.6 Å². The maximum absolute atomic E-state index is 12.6. The molecular formula is C13H13F3N4O2S. The minimum atomic E-state index is -4.42. The molecule has 0 aliphatic carbocycles. The van der Waals surface area contributed by atoms with Gasteiger partial charge >= 0.3 is 12.2 Å². The predicted molar refractivity (Wildman–Crippen MR) is 76.9 cm³/mol. The van der Waals surface area contributed by atoms with Crippen LogP contribution in [0, 0.1) is 0 Å². The molecule has 6 nitrogen and oxygen atoms in total. The van der Waals surface area contributed by atoms with Crippen LogP contribution in [0.5, 0.6) is 11.8 Å². The van der Waals surface area contributed by atoms with E-state index in [9.17, 15) is 13.2 Å². The fourth-order valence-corrected chi connectivity index (χ4v) is 3.03. The average Bonchev–Trinajstić information content (AvgIpc) is 3.16. The number of anilines is 1. The summed E-state index contributed by atoms with van der Waals surface area (Å²) >= 11 is 0.978. The number of hydrogen-bond acceptors (Lipinski definition) is 7. The zero-order chi connectivity index (χ0) is 16.4. The minimum Gasteiger partial charge on any atom is -0.494 e. The van der Waals surface area contributed by atoms with Crippen LogP contribution in [-0.4, -0.2) is 41.3 Å². The third-order valence-corrected chi connectivity index (χ3v) is 4.21. The van der Waals surface area contributed by atoms with Crippen LogP contribution in [-0.2, 0) is 6.18 Å². The van der Waals surface area contributed by atoms with E-state index in [1.807, 2.05) is 0 Å². The van der Waals surface area contributed by atoms with E-state index in [1.54, 1.807) is 4.90 Å². The number of rotatable bonds is 4. The molecule has 1 fully saturated rings. The van der Waals surface area contributed by atoms with Gasteiger partial charge in [-0.3, -0.25) is 0 Å². The quantitative estimate of drug-likeness (QED) is 0.848. The monoisotopic (exact) mass is 346 g/mol.